The molecule has 2 rings (SSSR count). The van der Waals surface area contributed by atoms with Crippen LogP contribution in [0.1, 0.15) is 12.8 Å². The highest BCUT2D eigenvalue weighted by molar-refractivity contribution is 5.54. The van der Waals surface area contributed by atoms with Crippen LogP contribution in [0.5, 0.6) is 5.75 Å². The van der Waals surface area contributed by atoms with Gasteiger partial charge in [-0.3, -0.25) is 0 Å². The predicted octanol–water partition coefficient (Wildman–Crippen LogP) is 1.95. The Labute approximate surface area is 123 Å². The number of hydrogen-bond donors (Lipinski definition) is 2. The number of aromatic nitrogens is 2. The van der Waals surface area contributed by atoms with E-state index in [9.17, 15) is 0 Å². The van der Waals surface area contributed by atoms with E-state index in [1.165, 1.54) is 0 Å². The second-order valence-electron chi connectivity index (χ2n) is 4.26. The second-order valence-corrected chi connectivity index (χ2v) is 4.26. The molecule has 0 atom stereocenters. The first-order valence-corrected chi connectivity index (χ1v) is 6.83. The Hall–Kier alpha value is -2.12. The summed E-state index contributed by atoms with van der Waals surface area (Å²) in [5.74, 6) is 1.32. The van der Waals surface area contributed by atoms with Gasteiger partial charge in [0.1, 0.15) is 5.75 Å². The fraction of sp³-hybridized carbons (Fsp3) is 0.429. The molecule has 1 aromatic carbocycles. The number of rotatable bonds is 9. The highest BCUT2D eigenvalue weighted by atomic mass is 16.5. The summed E-state index contributed by atoms with van der Waals surface area (Å²) in [5, 5.41) is 14.1. The quantitative estimate of drug-likeness (QED) is 0.683. The summed E-state index contributed by atoms with van der Waals surface area (Å²) in [7, 11) is 1.66. The van der Waals surface area contributed by atoms with Crippen molar-refractivity contribution in [1.82, 2.24) is 15.5 Å². The number of benzene rings is 1. The number of hydrogen-bond acceptors (Lipinski definition) is 7. The molecule has 2 aromatic rings. The van der Waals surface area contributed by atoms with Crippen molar-refractivity contribution in [3.63, 3.8) is 0 Å². The van der Waals surface area contributed by atoms with Gasteiger partial charge in [0.15, 0.2) is 0 Å². The van der Waals surface area contributed by atoms with Gasteiger partial charge in [0, 0.05) is 25.4 Å². The van der Waals surface area contributed by atoms with Crippen LogP contribution in [0, 0.1) is 0 Å². The van der Waals surface area contributed by atoms with Crippen molar-refractivity contribution >= 4 is 11.7 Å². The van der Waals surface area contributed by atoms with Crippen LogP contribution in [-0.4, -0.2) is 37.1 Å². The second kappa shape index (κ2) is 8.23. The Morgan fingerprint density at radius 2 is 2.19 bits per heavy atom. The summed E-state index contributed by atoms with van der Waals surface area (Å²) in [5.41, 5.74) is 0.837. The van der Waals surface area contributed by atoms with Crippen molar-refractivity contribution in [3.8, 4) is 5.75 Å². The number of ether oxygens (including phenoxy) is 2. The minimum atomic E-state index is 0.354. The van der Waals surface area contributed by atoms with Crippen LogP contribution in [0.15, 0.2) is 28.7 Å². The molecule has 0 aliphatic carbocycles. The van der Waals surface area contributed by atoms with Gasteiger partial charge < -0.3 is 24.5 Å². The van der Waals surface area contributed by atoms with Crippen molar-refractivity contribution in [2.45, 2.75) is 13.5 Å². The lowest BCUT2D eigenvalue weighted by Crippen LogP contribution is -2.18. The van der Waals surface area contributed by atoms with Crippen LogP contribution in [-0.2, 0) is 11.3 Å². The van der Waals surface area contributed by atoms with Crippen molar-refractivity contribution in [1.29, 1.82) is 0 Å². The lowest BCUT2D eigenvalue weighted by molar-refractivity contribution is 0.198. The highest BCUT2D eigenvalue weighted by Crippen LogP contribution is 2.20. The van der Waals surface area contributed by atoms with Gasteiger partial charge >= 0.3 is 6.01 Å². The molecule has 0 aliphatic rings. The van der Waals surface area contributed by atoms with Crippen LogP contribution in [0.3, 0.4) is 0 Å². The summed E-state index contributed by atoms with van der Waals surface area (Å²) < 4.78 is 15.9. The van der Waals surface area contributed by atoms with Gasteiger partial charge in [-0.05, 0) is 19.1 Å². The minimum Gasteiger partial charge on any atom is -0.494 e. The van der Waals surface area contributed by atoms with Gasteiger partial charge in [-0.2, -0.15) is 0 Å². The van der Waals surface area contributed by atoms with E-state index < -0.39 is 0 Å². The van der Waals surface area contributed by atoms with Crippen molar-refractivity contribution in [2.75, 3.05) is 32.2 Å². The maximum atomic E-state index is 5.49. The number of anilines is 2. The van der Waals surface area contributed by atoms with E-state index in [0.717, 1.165) is 18.0 Å². The van der Waals surface area contributed by atoms with Gasteiger partial charge in [0.2, 0.25) is 5.89 Å². The fourth-order valence-electron chi connectivity index (χ4n) is 1.70. The maximum absolute atomic E-state index is 5.49. The first-order chi connectivity index (χ1) is 10.3. The fourth-order valence-corrected chi connectivity index (χ4v) is 1.70. The van der Waals surface area contributed by atoms with Crippen LogP contribution >= 0.6 is 0 Å². The highest BCUT2D eigenvalue weighted by Gasteiger charge is 2.06. The van der Waals surface area contributed by atoms with Gasteiger partial charge in [-0.25, -0.2) is 0 Å². The summed E-state index contributed by atoms with van der Waals surface area (Å²) >= 11 is 0. The van der Waals surface area contributed by atoms with E-state index >= 15 is 0 Å². The Kier molecular flexibility index (Phi) is 5.99. The molecule has 0 fully saturated rings. The molecule has 0 amide bonds. The van der Waals surface area contributed by atoms with Crippen molar-refractivity contribution in [3.05, 3.63) is 30.2 Å². The number of nitrogens with one attached hydrogen (secondary N) is 2. The molecular weight excluding hydrogens is 272 g/mol. The largest absolute Gasteiger partial charge is 0.494 e. The first kappa shape index (κ1) is 15.3. The van der Waals surface area contributed by atoms with Crippen LogP contribution in [0.4, 0.5) is 11.7 Å². The molecular formula is C14H20N4O3. The van der Waals surface area contributed by atoms with Gasteiger partial charge in [-0.1, -0.05) is 11.2 Å². The maximum Gasteiger partial charge on any atom is 0.320 e. The average Bonchev–Trinajstić information content (AvgIpc) is 2.92. The van der Waals surface area contributed by atoms with E-state index in [1.54, 1.807) is 7.11 Å². The molecule has 21 heavy (non-hydrogen) atoms. The van der Waals surface area contributed by atoms with E-state index in [0.29, 0.717) is 31.7 Å². The molecule has 0 saturated carbocycles. The summed E-state index contributed by atoms with van der Waals surface area (Å²) in [6.45, 7) is 4.46. The normalized spacial score (nSPS) is 10.6. The Morgan fingerprint density at radius 1 is 1.29 bits per heavy atom. The van der Waals surface area contributed by atoms with E-state index in [-0.39, 0.29) is 0 Å². The molecule has 7 nitrogen and oxygen atoms in total. The lowest BCUT2D eigenvalue weighted by atomic mass is 10.3. The first-order valence-electron chi connectivity index (χ1n) is 6.83. The zero-order valence-electron chi connectivity index (χ0n) is 12.3. The molecule has 0 radical (unpaired) electrons. The van der Waals surface area contributed by atoms with E-state index in [4.69, 9.17) is 13.9 Å². The summed E-state index contributed by atoms with van der Waals surface area (Å²) in [6, 6.07) is 7.94. The third-order valence-corrected chi connectivity index (χ3v) is 2.62. The Balaban J connectivity index is 1.88. The molecule has 1 aromatic heterocycles. The molecule has 0 unspecified atom stereocenters. The molecule has 1 heterocycles. The Bertz CT molecular complexity index is 545. The topological polar surface area (TPSA) is 81.4 Å². The third-order valence-electron chi connectivity index (χ3n) is 2.62. The average molecular weight is 292 g/mol. The zero-order chi connectivity index (χ0) is 14.9. The zero-order valence-corrected chi connectivity index (χ0v) is 12.3. The van der Waals surface area contributed by atoms with Crippen LogP contribution < -0.4 is 15.4 Å². The molecule has 7 heteroatoms. The molecule has 0 spiro atoms. The summed E-state index contributed by atoms with van der Waals surface area (Å²) in [4.78, 5) is 0. The predicted molar refractivity (Wildman–Crippen MR) is 78.8 cm³/mol. The number of methoxy groups -OCH3 is 1. The van der Waals surface area contributed by atoms with Gasteiger partial charge in [0.25, 0.3) is 0 Å². The molecule has 114 valence electrons. The van der Waals surface area contributed by atoms with Crippen LogP contribution in [0.25, 0.3) is 0 Å². The number of nitrogens with zero attached hydrogens (tertiary/aromatic N) is 2. The summed E-state index contributed by atoms with van der Waals surface area (Å²) in [6.07, 6.45) is 0. The lowest BCUT2D eigenvalue weighted by Gasteiger charge is -2.05. The third kappa shape index (κ3) is 5.05. The monoisotopic (exact) mass is 292 g/mol. The van der Waals surface area contributed by atoms with E-state index in [2.05, 4.69) is 20.8 Å². The molecule has 0 saturated heterocycles. The van der Waals surface area contributed by atoms with E-state index in [1.807, 2.05) is 31.2 Å². The molecule has 0 bridgehead atoms. The standard InChI is InChI=1S/C14H20N4O3/c1-3-20-12-6-4-5-11(9-12)16-14-18-17-13(21-14)10-15-7-8-19-2/h4-6,9,15H,3,7-8,10H2,1-2H3,(H,16,18). The molecule has 2 N–H and O–H groups in total. The van der Waals surface area contributed by atoms with Crippen molar-refractivity contribution in [2.24, 2.45) is 0 Å². The van der Waals surface area contributed by atoms with Crippen molar-refractivity contribution < 1.29 is 13.9 Å². The van der Waals surface area contributed by atoms with Gasteiger partial charge in [-0.15, -0.1) is 5.10 Å². The SMILES string of the molecule is CCOc1cccc(Nc2nnc(CNCCOC)o2)c1. The van der Waals surface area contributed by atoms with Crippen LogP contribution in [0.2, 0.25) is 0 Å². The minimum absolute atomic E-state index is 0.354. The Morgan fingerprint density at radius 3 is 3.00 bits per heavy atom. The van der Waals surface area contributed by atoms with Gasteiger partial charge in [0.05, 0.1) is 19.8 Å². The molecule has 0 aliphatic heterocycles. The smallest absolute Gasteiger partial charge is 0.320 e.